The Morgan fingerprint density at radius 2 is 2.00 bits per heavy atom. The molecule has 0 saturated carbocycles. The number of aromatic nitrogens is 2. The first-order chi connectivity index (χ1) is 10.1. The van der Waals surface area contributed by atoms with Gasteiger partial charge >= 0.3 is 0 Å². The Labute approximate surface area is 134 Å². The monoisotopic (exact) mass is 349 g/mol. The fourth-order valence-electron chi connectivity index (χ4n) is 2.04. The number of hydrogen-bond donors (Lipinski definition) is 1. The first kappa shape index (κ1) is 16.1. The molecule has 2 aromatic rings. The lowest BCUT2D eigenvalue weighted by atomic mass is 10.1. The Hall–Kier alpha value is -1.30. The molecule has 0 radical (unpaired) electrons. The van der Waals surface area contributed by atoms with Crippen molar-refractivity contribution in [2.45, 2.75) is 20.4 Å². The van der Waals surface area contributed by atoms with E-state index in [1.54, 1.807) is 7.11 Å². The van der Waals surface area contributed by atoms with Crippen LogP contribution in [0.1, 0.15) is 17.0 Å². The SMILES string of the molecule is COCCNCc1cc(C)nc(-c2ccc(C)cc2Br)n1. The van der Waals surface area contributed by atoms with Crippen molar-refractivity contribution < 1.29 is 4.74 Å². The highest BCUT2D eigenvalue weighted by Crippen LogP contribution is 2.26. The molecular weight excluding hydrogens is 330 g/mol. The van der Waals surface area contributed by atoms with Crippen molar-refractivity contribution in [3.05, 3.63) is 45.7 Å². The van der Waals surface area contributed by atoms with Crippen LogP contribution < -0.4 is 5.32 Å². The van der Waals surface area contributed by atoms with Crippen LogP contribution in [0.3, 0.4) is 0 Å². The summed E-state index contributed by atoms with van der Waals surface area (Å²) < 4.78 is 6.04. The fraction of sp³-hybridized carbons (Fsp3) is 0.375. The lowest BCUT2D eigenvalue weighted by Crippen LogP contribution is -2.19. The molecule has 0 spiro atoms. The number of nitrogens with zero attached hydrogens (tertiary/aromatic N) is 2. The van der Waals surface area contributed by atoms with E-state index < -0.39 is 0 Å². The van der Waals surface area contributed by atoms with Gasteiger partial charge in [0.15, 0.2) is 5.82 Å². The summed E-state index contributed by atoms with van der Waals surface area (Å²) in [5.74, 6) is 0.755. The van der Waals surface area contributed by atoms with Gasteiger partial charge in [-0.15, -0.1) is 0 Å². The highest BCUT2D eigenvalue weighted by molar-refractivity contribution is 9.10. The number of ether oxygens (including phenoxy) is 1. The number of hydrogen-bond acceptors (Lipinski definition) is 4. The Kier molecular flexibility index (Phi) is 5.85. The van der Waals surface area contributed by atoms with Gasteiger partial charge in [-0.2, -0.15) is 0 Å². The third-order valence-corrected chi connectivity index (χ3v) is 3.72. The highest BCUT2D eigenvalue weighted by atomic mass is 79.9. The van der Waals surface area contributed by atoms with Gasteiger partial charge < -0.3 is 10.1 Å². The van der Waals surface area contributed by atoms with Gasteiger partial charge in [0.2, 0.25) is 0 Å². The van der Waals surface area contributed by atoms with Crippen LogP contribution in [0, 0.1) is 13.8 Å². The van der Waals surface area contributed by atoms with E-state index in [0.717, 1.165) is 33.8 Å². The van der Waals surface area contributed by atoms with E-state index in [1.807, 2.05) is 13.0 Å². The van der Waals surface area contributed by atoms with Crippen molar-refractivity contribution in [1.82, 2.24) is 15.3 Å². The van der Waals surface area contributed by atoms with Gasteiger partial charge in [-0.3, -0.25) is 0 Å². The molecule has 1 aromatic heterocycles. The van der Waals surface area contributed by atoms with Crippen LogP contribution in [0.2, 0.25) is 0 Å². The molecule has 21 heavy (non-hydrogen) atoms. The van der Waals surface area contributed by atoms with Crippen LogP contribution >= 0.6 is 15.9 Å². The smallest absolute Gasteiger partial charge is 0.160 e. The third-order valence-electron chi connectivity index (χ3n) is 3.06. The topological polar surface area (TPSA) is 47.0 Å². The molecule has 2 rings (SSSR count). The molecule has 0 aliphatic heterocycles. The van der Waals surface area contributed by atoms with Crippen molar-refractivity contribution in [2.24, 2.45) is 0 Å². The molecule has 0 unspecified atom stereocenters. The van der Waals surface area contributed by atoms with Gasteiger partial charge in [0.25, 0.3) is 0 Å². The zero-order chi connectivity index (χ0) is 15.2. The minimum absolute atomic E-state index is 0.695. The Morgan fingerprint density at radius 3 is 2.71 bits per heavy atom. The summed E-state index contributed by atoms with van der Waals surface area (Å²) in [5.41, 5.74) is 4.18. The van der Waals surface area contributed by atoms with E-state index >= 15 is 0 Å². The van der Waals surface area contributed by atoms with E-state index in [1.165, 1.54) is 5.56 Å². The highest BCUT2D eigenvalue weighted by Gasteiger charge is 2.08. The molecular formula is C16H20BrN3O. The van der Waals surface area contributed by atoms with Crippen LogP contribution in [0.5, 0.6) is 0 Å². The fourth-order valence-corrected chi connectivity index (χ4v) is 2.71. The average molecular weight is 350 g/mol. The second kappa shape index (κ2) is 7.64. The van der Waals surface area contributed by atoms with Crippen LogP contribution in [0.15, 0.2) is 28.7 Å². The number of aryl methyl sites for hydroxylation is 2. The zero-order valence-corrected chi connectivity index (χ0v) is 14.2. The lowest BCUT2D eigenvalue weighted by molar-refractivity contribution is 0.199. The van der Waals surface area contributed by atoms with Crippen LogP contribution in [0.25, 0.3) is 11.4 Å². The second-order valence-electron chi connectivity index (χ2n) is 4.98. The van der Waals surface area contributed by atoms with E-state index in [0.29, 0.717) is 13.2 Å². The van der Waals surface area contributed by atoms with Gasteiger partial charge in [0.05, 0.1) is 12.3 Å². The standard InChI is InChI=1S/C16H20BrN3O/c1-11-4-5-14(15(17)8-11)16-19-12(2)9-13(20-16)10-18-6-7-21-3/h4-5,8-9,18H,6-7,10H2,1-3H3. The molecule has 0 aliphatic carbocycles. The van der Waals surface area contributed by atoms with Crippen molar-refractivity contribution in [3.63, 3.8) is 0 Å². The number of benzene rings is 1. The molecule has 4 nitrogen and oxygen atoms in total. The summed E-state index contributed by atoms with van der Waals surface area (Å²) in [6.07, 6.45) is 0. The molecule has 1 heterocycles. The molecule has 0 amide bonds. The maximum atomic E-state index is 5.02. The Bertz CT molecular complexity index is 616. The summed E-state index contributed by atoms with van der Waals surface area (Å²) >= 11 is 3.59. The average Bonchev–Trinajstić information content (AvgIpc) is 2.43. The van der Waals surface area contributed by atoms with Crippen molar-refractivity contribution >= 4 is 15.9 Å². The second-order valence-corrected chi connectivity index (χ2v) is 5.83. The van der Waals surface area contributed by atoms with Crippen molar-refractivity contribution in [1.29, 1.82) is 0 Å². The maximum absolute atomic E-state index is 5.02. The first-order valence-electron chi connectivity index (χ1n) is 6.91. The normalized spacial score (nSPS) is 10.9. The molecule has 0 bridgehead atoms. The predicted molar refractivity (Wildman–Crippen MR) is 88.2 cm³/mol. The minimum Gasteiger partial charge on any atom is -0.383 e. The van der Waals surface area contributed by atoms with E-state index in [-0.39, 0.29) is 0 Å². The largest absolute Gasteiger partial charge is 0.383 e. The maximum Gasteiger partial charge on any atom is 0.160 e. The van der Waals surface area contributed by atoms with E-state index in [9.17, 15) is 0 Å². The zero-order valence-electron chi connectivity index (χ0n) is 12.6. The summed E-state index contributed by atoms with van der Waals surface area (Å²) in [6.45, 7) is 6.27. The molecule has 0 fully saturated rings. The van der Waals surface area contributed by atoms with Gasteiger partial charge in [-0.1, -0.05) is 22.0 Å². The Morgan fingerprint density at radius 1 is 1.19 bits per heavy atom. The van der Waals surface area contributed by atoms with Gasteiger partial charge in [0, 0.05) is 35.9 Å². The van der Waals surface area contributed by atoms with Crippen LogP contribution in [0.4, 0.5) is 0 Å². The Balaban J connectivity index is 2.22. The molecule has 0 atom stereocenters. The van der Waals surface area contributed by atoms with Crippen molar-refractivity contribution in [3.8, 4) is 11.4 Å². The minimum atomic E-state index is 0.695. The van der Waals surface area contributed by atoms with Gasteiger partial charge in [-0.25, -0.2) is 9.97 Å². The first-order valence-corrected chi connectivity index (χ1v) is 7.70. The number of rotatable bonds is 6. The number of halogens is 1. The number of methoxy groups -OCH3 is 1. The summed E-state index contributed by atoms with van der Waals surface area (Å²) in [6, 6.07) is 8.21. The third kappa shape index (κ3) is 4.59. The van der Waals surface area contributed by atoms with Crippen LogP contribution in [-0.2, 0) is 11.3 Å². The molecule has 1 aromatic carbocycles. The molecule has 0 saturated heterocycles. The summed E-state index contributed by atoms with van der Waals surface area (Å²) in [4.78, 5) is 9.19. The van der Waals surface area contributed by atoms with Gasteiger partial charge in [0.1, 0.15) is 0 Å². The molecule has 0 aliphatic rings. The summed E-state index contributed by atoms with van der Waals surface area (Å²) in [7, 11) is 1.70. The van der Waals surface area contributed by atoms with Crippen LogP contribution in [-0.4, -0.2) is 30.2 Å². The van der Waals surface area contributed by atoms with E-state index in [4.69, 9.17) is 4.74 Å². The quantitative estimate of drug-likeness (QED) is 0.813. The number of nitrogens with one attached hydrogen (secondary N) is 1. The van der Waals surface area contributed by atoms with Crippen molar-refractivity contribution in [2.75, 3.05) is 20.3 Å². The molecule has 5 heteroatoms. The molecule has 112 valence electrons. The van der Waals surface area contributed by atoms with E-state index in [2.05, 4.69) is 56.3 Å². The molecule has 1 N–H and O–H groups in total. The summed E-state index contributed by atoms with van der Waals surface area (Å²) in [5, 5.41) is 3.31. The predicted octanol–water partition coefficient (Wildman–Crippen LogP) is 3.26. The lowest BCUT2D eigenvalue weighted by Gasteiger charge is -2.09. The van der Waals surface area contributed by atoms with Gasteiger partial charge in [-0.05, 0) is 37.6 Å².